The minimum absolute atomic E-state index is 0.00862. The van der Waals surface area contributed by atoms with Crippen molar-refractivity contribution in [3.05, 3.63) is 23.9 Å². The molecule has 0 aromatic carbocycles. The molecule has 0 aliphatic rings. The number of hydrogen-bond donors (Lipinski definition) is 3. The van der Waals surface area contributed by atoms with Gasteiger partial charge in [-0.15, -0.1) is 0 Å². The second kappa shape index (κ2) is 7.09. The van der Waals surface area contributed by atoms with E-state index in [9.17, 15) is 4.79 Å². The molecule has 106 valence electrons. The van der Waals surface area contributed by atoms with Crippen LogP contribution in [0.5, 0.6) is 0 Å². The highest BCUT2D eigenvalue weighted by Gasteiger charge is 2.16. The number of nitrogens with one attached hydrogen (secondary N) is 2. The summed E-state index contributed by atoms with van der Waals surface area (Å²) in [6.45, 7) is 7.55. The number of aromatic nitrogens is 1. The van der Waals surface area contributed by atoms with E-state index in [1.165, 1.54) is 0 Å². The van der Waals surface area contributed by atoms with E-state index in [2.05, 4.69) is 29.5 Å². The lowest BCUT2D eigenvalue weighted by Gasteiger charge is -2.24. The maximum Gasteiger partial charge on any atom is 0.252 e. The van der Waals surface area contributed by atoms with Crippen molar-refractivity contribution in [3.8, 4) is 0 Å². The van der Waals surface area contributed by atoms with Crippen LogP contribution < -0.4 is 10.6 Å². The third-order valence-corrected chi connectivity index (χ3v) is 2.90. The Balaban J connectivity index is 2.55. The van der Waals surface area contributed by atoms with Crippen LogP contribution in [-0.4, -0.2) is 35.7 Å². The number of hydrogen-bond acceptors (Lipinski definition) is 4. The highest BCUT2D eigenvalue weighted by Crippen LogP contribution is 2.20. The van der Waals surface area contributed by atoms with Crippen molar-refractivity contribution in [2.75, 3.05) is 25.0 Å². The highest BCUT2D eigenvalue weighted by molar-refractivity contribution is 5.93. The molecule has 0 saturated heterocycles. The summed E-state index contributed by atoms with van der Waals surface area (Å²) in [5, 5.41) is 14.9. The van der Waals surface area contributed by atoms with Crippen molar-refractivity contribution in [1.82, 2.24) is 10.3 Å². The molecule has 3 N–H and O–H groups in total. The summed E-state index contributed by atoms with van der Waals surface area (Å²) in [5.41, 5.74) is 0.566. The molecule has 0 radical (unpaired) electrons. The van der Waals surface area contributed by atoms with Crippen molar-refractivity contribution >= 4 is 11.7 Å². The lowest BCUT2D eigenvalue weighted by molar-refractivity contribution is 0.0955. The zero-order chi connectivity index (χ0) is 14.3. The van der Waals surface area contributed by atoms with E-state index in [0.717, 1.165) is 18.8 Å². The van der Waals surface area contributed by atoms with E-state index in [0.29, 0.717) is 12.1 Å². The average Bonchev–Trinajstić information content (AvgIpc) is 2.37. The molecule has 1 aromatic heterocycles. The predicted octanol–water partition coefficient (Wildman–Crippen LogP) is 1.65. The topological polar surface area (TPSA) is 74.2 Å². The first-order chi connectivity index (χ1) is 8.98. The van der Waals surface area contributed by atoms with Crippen LogP contribution in [0.15, 0.2) is 18.3 Å². The van der Waals surface area contributed by atoms with Crippen LogP contribution in [0.2, 0.25) is 0 Å². The lowest BCUT2D eigenvalue weighted by Crippen LogP contribution is -2.25. The minimum Gasteiger partial charge on any atom is -0.396 e. The number of pyridine rings is 1. The summed E-state index contributed by atoms with van der Waals surface area (Å²) in [5.74, 6) is 0.626. The first-order valence-electron chi connectivity index (χ1n) is 6.57. The number of nitrogens with zero attached hydrogens (tertiary/aromatic N) is 1. The summed E-state index contributed by atoms with van der Waals surface area (Å²) in [6, 6.07) is 3.54. The number of rotatable bonds is 7. The Bertz CT molecular complexity index is 402. The van der Waals surface area contributed by atoms with Gasteiger partial charge in [0.2, 0.25) is 0 Å². The third-order valence-electron chi connectivity index (χ3n) is 2.90. The maximum atomic E-state index is 11.6. The summed E-state index contributed by atoms with van der Waals surface area (Å²) in [4.78, 5) is 15.8. The Labute approximate surface area is 114 Å². The van der Waals surface area contributed by atoms with Crippen molar-refractivity contribution in [3.63, 3.8) is 0 Å². The Morgan fingerprint density at radius 2 is 2.16 bits per heavy atom. The molecule has 1 rings (SSSR count). The molecule has 1 aromatic rings. The van der Waals surface area contributed by atoms with Gasteiger partial charge in [0.05, 0.1) is 5.56 Å². The number of amides is 1. The minimum atomic E-state index is -0.109. The zero-order valence-corrected chi connectivity index (χ0v) is 11.9. The maximum absolute atomic E-state index is 11.6. The fourth-order valence-electron chi connectivity index (χ4n) is 1.62. The van der Waals surface area contributed by atoms with Crippen molar-refractivity contribution in [2.45, 2.75) is 27.2 Å². The number of carbonyl (C=O) groups is 1. The molecule has 1 amide bonds. The molecule has 5 nitrogen and oxygen atoms in total. The predicted molar refractivity (Wildman–Crippen MR) is 76.2 cm³/mol. The quantitative estimate of drug-likeness (QED) is 0.701. The SMILES string of the molecule is CCNC(=O)c1ccc(NCC(C)(C)CCO)nc1. The van der Waals surface area contributed by atoms with Crippen molar-refractivity contribution in [1.29, 1.82) is 0 Å². The number of aliphatic hydroxyl groups is 1. The van der Waals surface area contributed by atoms with Crippen LogP contribution in [0.3, 0.4) is 0 Å². The van der Waals surface area contributed by atoms with E-state index < -0.39 is 0 Å². The van der Waals surface area contributed by atoms with Gasteiger partial charge in [-0.3, -0.25) is 4.79 Å². The van der Waals surface area contributed by atoms with Crippen LogP contribution in [0.4, 0.5) is 5.82 Å². The van der Waals surface area contributed by atoms with Gasteiger partial charge in [-0.1, -0.05) is 13.8 Å². The first-order valence-corrected chi connectivity index (χ1v) is 6.57. The standard InChI is InChI=1S/C14H23N3O2/c1-4-15-13(19)11-5-6-12(16-9-11)17-10-14(2,3)7-8-18/h5-6,9,18H,4,7-8,10H2,1-3H3,(H,15,19)(H,16,17). The van der Waals surface area contributed by atoms with E-state index in [1.54, 1.807) is 18.3 Å². The van der Waals surface area contributed by atoms with E-state index in [1.807, 2.05) is 6.92 Å². The molecule has 0 fully saturated rings. The normalized spacial score (nSPS) is 11.2. The molecule has 0 bridgehead atoms. The van der Waals surface area contributed by atoms with Crippen molar-refractivity contribution in [2.24, 2.45) is 5.41 Å². The summed E-state index contributed by atoms with van der Waals surface area (Å²) in [7, 11) is 0. The highest BCUT2D eigenvalue weighted by atomic mass is 16.3. The molecule has 0 unspecified atom stereocenters. The fourth-order valence-corrected chi connectivity index (χ4v) is 1.62. The van der Waals surface area contributed by atoms with Crippen LogP contribution in [0.25, 0.3) is 0 Å². The molecule has 1 heterocycles. The smallest absolute Gasteiger partial charge is 0.252 e. The third kappa shape index (κ3) is 5.26. The average molecular weight is 265 g/mol. The van der Waals surface area contributed by atoms with Gasteiger partial charge in [-0.05, 0) is 30.9 Å². The summed E-state index contributed by atoms with van der Waals surface area (Å²) < 4.78 is 0. The van der Waals surface area contributed by atoms with Gasteiger partial charge in [-0.2, -0.15) is 0 Å². The Kier molecular flexibility index (Phi) is 5.76. The van der Waals surface area contributed by atoms with Crippen LogP contribution in [-0.2, 0) is 0 Å². The van der Waals surface area contributed by atoms with Gasteiger partial charge in [0, 0.05) is 25.9 Å². The monoisotopic (exact) mass is 265 g/mol. The Hall–Kier alpha value is -1.62. The molecular weight excluding hydrogens is 242 g/mol. The number of anilines is 1. The summed E-state index contributed by atoms with van der Waals surface area (Å²) in [6.07, 6.45) is 2.29. The second-order valence-corrected chi connectivity index (χ2v) is 5.28. The van der Waals surface area contributed by atoms with Crippen LogP contribution in [0.1, 0.15) is 37.6 Å². The van der Waals surface area contributed by atoms with E-state index in [4.69, 9.17) is 5.11 Å². The second-order valence-electron chi connectivity index (χ2n) is 5.28. The molecule has 19 heavy (non-hydrogen) atoms. The largest absolute Gasteiger partial charge is 0.396 e. The van der Waals surface area contributed by atoms with Gasteiger partial charge in [0.25, 0.3) is 5.91 Å². The zero-order valence-electron chi connectivity index (χ0n) is 11.9. The van der Waals surface area contributed by atoms with Crippen LogP contribution >= 0.6 is 0 Å². The van der Waals surface area contributed by atoms with E-state index >= 15 is 0 Å². The summed E-state index contributed by atoms with van der Waals surface area (Å²) >= 11 is 0. The lowest BCUT2D eigenvalue weighted by atomic mass is 9.90. The number of carbonyl (C=O) groups excluding carboxylic acids is 1. The fraction of sp³-hybridized carbons (Fsp3) is 0.571. The molecule has 0 atom stereocenters. The van der Waals surface area contributed by atoms with Crippen LogP contribution in [0, 0.1) is 5.41 Å². The number of aliphatic hydroxyl groups excluding tert-OH is 1. The van der Waals surface area contributed by atoms with E-state index in [-0.39, 0.29) is 17.9 Å². The molecule has 0 saturated carbocycles. The molecule has 0 aliphatic carbocycles. The van der Waals surface area contributed by atoms with Gasteiger partial charge < -0.3 is 15.7 Å². The molecule has 0 spiro atoms. The molecule has 5 heteroatoms. The van der Waals surface area contributed by atoms with Gasteiger partial charge in [0.15, 0.2) is 0 Å². The molecular formula is C14H23N3O2. The Morgan fingerprint density at radius 3 is 2.68 bits per heavy atom. The Morgan fingerprint density at radius 1 is 1.42 bits per heavy atom. The van der Waals surface area contributed by atoms with Gasteiger partial charge in [0.1, 0.15) is 5.82 Å². The van der Waals surface area contributed by atoms with Gasteiger partial charge >= 0.3 is 0 Å². The first kappa shape index (κ1) is 15.4. The van der Waals surface area contributed by atoms with Crippen molar-refractivity contribution < 1.29 is 9.90 Å². The van der Waals surface area contributed by atoms with Gasteiger partial charge in [-0.25, -0.2) is 4.98 Å². The molecule has 0 aliphatic heterocycles.